The Kier molecular flexibility index (Phi) is 4.36. The molecule has 0 unspecified atom stereocenters. The monoisotopic (exact) mass is 225 g/mol. The molecule has 0 spiro atoms. The van der Waals surface area contributed by atoms with Gasteiger partial charge in [0.25, 0.3) is 0 Å². The van der Waals surface area contributed by atoms with Gasteiger partial charge in [-0.05, 0) is 6.92 Å². The molecule has 2 N–H and O–H groups in total. The van der Waals surface area contributed by atoms with E-state index in [0.717, 1.165) is 6.54 Å². The van der Waals surface area contributed by atoms with Crippen LogP contribution in [-0.2, 0) is 0 Å². The molecule has 0 aliphatic carbocycles. The molecule has 0 aromatic carbocycles. The Morgan fingerprint density at radius 3 is 2.47 bits per heavy atom. The molecule has 15 heavy (non-hydrogen) atoms. The van der Waals surface area contributed by atoms with Crippen LogP contribution in [0.3, 0.4) is 0 Å². The summed E-state index contributed by atoms with van der Waals surface area (Å²) in [7, 11) is 0. The highest BCUT2D eigenvalue weighted by Crippen LogP contribution is 2.19. The lowest BCUT2D eigenvalue weighted by molar-refractivity contribution is -0.154. The predicted molar refractivity (Wildman–Crippen MR) is 52.6 cm³/mol. The van der Waals surface area contributed by atoms with Crippen LogP contribution >= 0.6 is 0 Å². The zero-order valence-corrected chi connectivity index (χ0v) is 8.93. The fraction of sp³-hybridized carbons (Fsp3) is 1.00. The van der Waals surface area contributed by atoms with Crippen molar-refractivity contribution >= 4 is 0 Å². The van der Waals surface area contributed by atoms with Gasteiger partial charge in [0.1, 0.15) is 0 Å². The van der Waals surface area contributed by atoms with E-state index in [2.05, 4.69) is 4.90 Å². The van der Waals surface area contributed by atoms with Crippen molar-refractivity contribution in [2.75, 3.05) is 39.3 Å². The molecule has 1 rings (SSSR count). The number of rotatable bonds is 3. The summed E-state index contributed by atoms with van der Waals surface area (Å²) in [4.78, 5) is 3.59. The van der Waals surface area contributed by atoms with Gasteiger partial charge in [-0.2, -0.15) is 13.2 Å². The summed E-state index contributed by atoms with van der Waals surface area (Å²) in [6.07, 6.45) is -4.09. The van der Waals surface area contributed by atoms with Crippen LogP contribution in [0.4, 0.5) is 13.2 Å². The first-order valence-corrected chi connectivity index (χ1v) is 5.15. The fourth-order valence-electron chi connectivity index (χ4n) is 1.92. The number of alkyl halides is 3. The van der Waals surface area contributed by atoms with Crippen LogP contribution < -0.4 is 5.73 Å². The third-order valence-corrected chi connectivity index (χ3v) is 2.68. The van der Waals surface area contributed by atoms with E-state index < -0.39 is 12.7 Å². The molecule has 0 amide bonds. The topological polar surface area (TPSA) is 32.5 Å². The quantitative estimate of drug-likeness (QED) is 0.759. The van der Waals surface area contributed by atoms with Crippen molar-refractivity contribution in [1.82, 2.24) is 9.80 Å². The Balaban J connectivity index is 2.39. The largest absolute Gasteiger partial charge is 0.401 e. The Morgan fingerprint density at radius 2 is 2.00 bits per heavy atom. The molecule has 1 aliphatic heterocycles. The van der Waals surface area contributed by atoms with Crippen LogP contribution in [0, 0.1) is 0 Å². The normalized spacial score (nSPS) is 25.8. The van der Waals surface area contributed by atoms with Crippen LogP contribution in [-0.4, -0.2) is 61.3 Å². The molecule has 1 fully saturated rings. The highest BCUT2D eigenvalue weighted by Gasteiger charge is 2.34. The number of hydrogen-bond donors (Lipinski definition) is 1. The maximum atomic E-state index is 12.2. The van der Waals surface area contributed by atoms with Gasteiger partial charge in [-0.25, -0.2) is 0 Å². The molecule has 0 aromatic rings. The van der Waals surface area contributed by atoms with E-state index in [9.17, 15) is 13.2 Å². The zero-order chi connectivity index (χ0) is 11.5. The minimum Gasteiger partial charge on any atom is -0.329 e. The van der Waals surface area contributed by atoms with Gasteiger partial charge in [0.2, 0.25) is 0 Å². The summed E-state index contributed by atoms with van der Waals surface area (Å²) < 4.78 is 36.6. The maximum absolute atomic E-state index is 12.2. The molecular formula is C9H18F3N3. The molecule has 1 heterocycles. The van der Waals surface area contributed by atoms with Gasteiger partial charge >= 0.3 is 6.18 Å². The van der Waals surface area contributed by atoms with Crippen LogP contribution in [0.15, 0.2) is 0 Å². The number of nitrogens with zero attached hydrogens (tertiary/aromatic N) is 2. The smallest absolute Gasteiger partial charge is 0.329 e. The van der Waals surface area contributed by atoms with Crippen LogP contribution in [0.5, 0.6) is 0 Å². The van der Waals surface area contributed by atoms with Crippen molar-refractivity contribution < 1.29 is 13.2 Å². The van der Waals surface area contributed by atoms with Gasteiger partial charge in [0, 0.05) is 38.8 Å². The van der Waals surface area contributed by atoms with E-state index in [4.69, 9.17) is 5.73 Å². The minimum atomic E-state index is -4.09. The summed E-state index contributed by atoms with van der Waals surface area (Å²) in [5, 5.41) is 0. The van der Waals surface area contributed by atoms with Gasteiger partial charge in [0.05, 0.1) is 6.54 Å². The molecule has 1 saturated heterocycles. The van der Waals surface area contributed by atoms with Crippen molar-refractivity contribution in [2.45, 2.75) is 19.1 Å². The third-order valence-electron chi connectivity index (χ3n) is 2.68. The van der Waals surface area contributed by atoms with Crippen molar-refractivity contribution in [3.63, 3.8) is 0 Å². The van der Waals surface area contributed by atoms with Gasteiger partial charge in [-0.3, -0.25) is 9.80 Å². The Hall–Kier alpha value is -0.330. The van der Waals surface area contributed by atoms with E-state index in [1.807, 2.05) is 6.92 Å². The van der Waals surface area contributed by atoms with Crippen molar-refractivity contribution in [2.24, 2.45) is 5.73 Å². The SMILES string of the molecule is C[C@H]1CN(CCN)CCN1CC(F)(F)F. The Labute approximate surface area is 88.0 Å². The van der Waals surface area contributed by atoms with Crippen LogP contribution in [0.1, 0.15) is 6.92 Å². The number of hydrogen-bond acceptors (Lipinski definition) is 3. The van der Waals surface area contributed by atoms with E-state index in [1.165, 1.54) is 4.90 Å². The van der Waals surface area contributed by atoms with Gasteiger partial charge < -0.3 is 5.73 Å². The Bertz CT molecular complexity index is 196. The summed E-state index contributed by atoms with van der Waals surface area (Å²) in [6.45, 7) is 4.18. The first-order chi connectivity index (χ1) is 6.92. The zero-order valence-electron chi connectivity index (χ0n) is 8.93. The van der Waals surface area contributed by atoms with Gasteiger partial charge in [-0.15, -0.1) is 0 Å². The van der Waals surface area contributed by atoms with Crippen LogP contribution in [0.25, 0.3) is 0 Å². The summed E-state index contributed by atoms with van der Waals surface area (Å²) in [6, 6.07) is -0.0491. The molecule has 0 aromatic heterocycles. The predicted octanol–water partition coefficient (Wildman–Crippen LogP) is 0.514. The molecule has 6 heteroatoms. The van der Waals surface area contributed by atoms with E-state index in [0.29, 0.717) is 26.2 Å². The summed E-state index contributed by atoms with van der Waals surface area (Å²) >= 11 is 0. The highest BCUT2D eigenvalue weighted by atomic mass is 19.4. The van der Waals surface area contributed by atoms with Crippen molar-refractivity contribution in [3.8, 4) is 0 Å². The molecule has 1 aliphatic rings. The molecule has 3 nitrogen and oxygen atoms in total. The molecule has 1 atom stereocenters. The number of halogens is 3. The fourth-order valence-corrected chi connectivity index (χ4v) is 1.92. The third kappa shape index (κ3) is 4.36. The molecular weight excluding hydrogens is 207 g/mol. The molecule has 0 bridgehead atoms. The second kappa shape index (κ2) is 5.14. The highest BCUT2D eigenvalue weighted by molar-refractivity contribution is 4.80. The summed E-state index contributed by atoms with van der Waals surface area (Å²) in [5.74, 6) is 0. The van der Waals surface area contributed by atoms with Crippen molar-refractivity contribution in [1.29, 1.82) is 0 Å². The second-order valence-corrected chi connectivity index (χ2v) is 4.02. The number of piperazine rings is 1. The first-order valence-electron chi connectivity index (χ1n) is 5.15. The van der Waals surface area contributed by atoms with E-state index >= 15 is 0 Å². The molecule has 0 radical (unpaired) electrons. The van der Waals surface area contributed by atoms with Crippen LogP contribution in [0.2, 0.25) is 0 Å². The minimum absolute atomic E-state index is 0.0491. The Morgan fingerprint density at radius 1 is 1.33 bits per heavy atom. The van der Waals surface area contributed by atoms with Crippen molar-refractivity contribution in [3.05, 3.63) is 0 Å². The summed E-state index contributed by atoms with van der Waals surface area (Å²) in [5.41, 5.74) is 5.41. The second-order valence-electron chi connectivity index (χ2n) is 4.02. The lowest BCUT2D eigenvalue weighted by Gasteiger charge is -2.39. The first kappa shape index (κ1) is 12.7. The van der Waals surface area contributed by atoms with Gasteiger partial charge in [-0.1, -0.05) is 0 Å². The average Bonchev–Trinajstić information content (AvgIpc) is 2.08. The van der Waals surface area contributed by atoms with E-state index in [-0.39, 0.29) is 6.04 Å². The standard InChI is InChI=1S/C9H18F3N3/c1-8-6-14(3-2-13)4-5-15(8)7-9(10,11)12/h8H,2-7,13H2,1H3/t8-/m0/s1. The molecule has 90 valence electrons. The lowest BCUT2D eigenvalue weighted by atomic mass is 10.2. The maximum Gasteiger partial charge on any atom is 0.401 e. The number of nitrogens with two attached hydrogens (primary N) is 1. The molecule has 0 saturated carbocycles. The average molecular weight is 225 g/mol. The van der Waals surface area contributed by atoms with E-state index in [1.54, 1.807) is 0 Å². The lowest BCUT2D eigenvalue weighted by Crippen LogP contribution is -2.54. The van der Waals surface area contributed by atoms with Gasteiger partial charge in [0.15, 0.2) is 0 Å².